The van der Waals surface area contributed by atoms with Gasteiger partial charge < -0.3 is 20.5 Å². The number of aromatic carboxylic acids is 1. The Labute approximate surface area is 171 Å². The minimum Gasteiger partial charge on any atom is -0.497 e. The molecule has 0 atom stereocenters. The number of hydrogen-bond acceptors (Lipinski definition) is 7. The van der Waals surface area contributed by atoms with Crippen LogP contribution in [-0.2, 0) is 0 Å². The third kappa shape index (κ3) is 3.43. The van der Waals surface area contributed by atoms with Crippen molar-refractivity contribution in [2.24, 2.45) is 0 Å². The monoisotopic (exact) mass is 401 g/mol. The minimum absolute atomic E-state index is 0.198. The number of nitrogens with zero attached hydrogens (tertiary/aromatic N) is 3. The maximum absolute atomic E-state index is 11.4. The number of ether oxygens (including phenoxy) is 1. The average molecular weight is 401 g/mol. The zero-order chi connectivity index (χ0) is 20.7. The van der Waals surface area contributed by atoms with Crippen LogP contribution in [0.25, 0.3) is 21.8 Å². The highest BCUT2D eigenvalue weighted by Gasteiger charge is 2.23. The summed E-state index contributed by atoms with van der Waals surface area (Å²) >= 11 is 0. The Morgan fingerprint density at radius 2 is 2.00 bits per heavy atom. The molecule has 0 radical (unpaired) electrons. The lowest BCUT2D eigenvalue weighted by atomic mass is 10.1. The molecule has 2 aromatic carbocycles. The molecule has 0 spiro atoms. The van der Waals surface area contributed by atoms with Gasteiger partial charge in [0, 0.05) is 34.8 Å². The Morgan fingerprint density at radius 1 is 1.13 bits per heavy atom. The number of hydrogen-bond donors (Lipinski definition) is 3. The number of anilines is 3. The van der Waals surface area contributed by atoms with Crippen molar-refractivity contribution < 1.29 is 14.6 Å². The fraction of sp³-hybridized carbons (Fsp3) is 0.182. The molecule has 0 aliphatic heterocycles. The standard InChI is InChI=1S/C22H19N5O3/c1-30-15-4-2-3-14(10-15)25-22-23-11-17-16-8-5-12(21(28)29)9-18(16)26-20(19(17)27-22)24-13-6-7-13/h2-5,8-11,13H,6-7H2,1H3,(H,24,26)(H,28,29)(H,23,25,27). The van der Waals surface area contributed by atoms with Crippen molar-refractivity contribution >= 4 is 45.2 Å². The van der Waals surface area contributed by atoms with Crippen molar-refractivity contribution in [1.82, 2.24) is 15.0 Å². The number of nitrogens with one attached hydrogen (secondary N) is 2. The van der Waals surface area contributed by atoms with Gasteiger partial charge in [-0.25, -0.2) is 19.7 Å². The molecule has 8 heteroatoms. The second-order valence-corrected chi connectivity index (χ2v) is 7.23. The summed E-state index contributed by atoms with van der Waals surface area (Å²) < 4.78 is 5.26. The first-order chi connectivity index (χ1) is 14.6. The molecule has 30 heavy (non-hydrogen) atoms. The minimum atomic E-state index is -0.982. The quantitative estimate of drug-likeness (QED) is 0.412. The lowest BCUT2D eigenvalue weighted by Crippen LogP contribution is -2.07. The van der Waals surface area contributed by atoms with Crippen molar-refractivity contribution in [3.05, 3.63) is 54.2 Å². The first-order valence-corrected chi connectivity index (χ1v) is 9.62. The summed E-state index contributed by atoms with van der Waals surface area (Å²) in [6.45, 7) is 0. The number of carboxylic acids is 1. The highest BCUT2D eigenvalue weighted by molar-refractivity contribution is 6.09. The summed E-state index contributed by atoms with van der Waals surface area (Å²) in [7, 11) is 1.62. The molecule has 2 aromatic heterocycles. The molecule has 0 unspecified atom stereocenters. The Morgan fingerprint density at radius 3 is 2.77 bits per heavy atom. The normalized spacial score (nSPS) is 13.4. The number of rotatable bonds is 6. The molecule has 1 fully saturated rings. The molecule has 150 valence electrons. The molecule has 0 bridgehead atoms. The van der Waals surface area contributed by atoms with Crippen LogP contribution in [0.3, 0.4) is 0 Å². The zero-order valence-electron chi connectivity index (χ0n) is 16.2. The molecule has 4 aromatic rings. The van der Waals surface area contributed by atoms with E-state index in [-0.39, 0.29) is 5.56 Å². The number of pyridine rings is 1. The van der Waals surface area contributed by atoms with Gasteiger partial charge in [0.1, 0.15) is 11.3 Å². The van der Waals surface area contributed by atoms with Gasteiger partial charge in [-0.3, -0.25) is 0 Å². The molecule has 5 rings (SSSR count). The van der Waals surface area contributed by atoms with E-state index in [1.165, 1.54) is 0 Å². The Hall–Kier alpha value is -3.94. The van der Waals surface area contributed by atoms with Gasteiger partial charge in [-0.2, -0.15) is 0 Å². The Kier molecular flexibility index (Phi) is 4.31. The van der Waals surface area contributed by atoms with Crippen LogP contribution in [0.1, 0.15) is 23.2 Å². The lowest BCUT2D eigenvalue weighted by molar-refractivity contribution is 0.0697. The van der Waals surface area contributed by atoms with Crippen LogP contribution in [-0.4, -0.2) is 39.2 Å². The van der Waals surface area contributed by atoms with Gasteiger partial charge in [-0.15, -0.1) is 0 Å². The van der Waals surface area contributed by atoms with E-state index in [1.54, 1.807) is 31.5 Å². The molecule has 2 heterocycles. The van der Waals surface area contributed by atoms with Crippen LogP contribution < -0.4 is 15.4 Å². The largest absolute Gasteiger partial charge is 0.497 e. The molecular formula is C22H19N5O3. The summed E-state index contributed by atoms with van der Waals surface area (Å²) in [5.74, 6) is 0.833. The van der Waals surface area contributed by atoms with Crippen molar-refractivity contribution in [3.63, 3.8) is 0 Å². The zero-order valence-corrected chi connectivity index (χ0v) is 16.2. The number of methoxy groups -OCH3 is 1. The first kappa shape index (κ1) is 18.1. The highest BCUT2D eigenvalue weighted by atomic mass is 16.5. The predicted molar refractivity (Wildman–Crippen MR) is 115 cm³/mol. The fourth-order valence-electron chi connectivity index (χ4n) is 3.33. The highest BCUT2D eigenvalue weighted by Crippen LogP contribution is 2.33. The lowest BCUT2D eigenvalue weighted by Gasteiger charge is -2.12. The summed E-state index contributed by atoms with van der Waals surface area (Å²) in [5, 5.41) is 17.6. The molecule has 1 saturated carbocycles. The van der Waals surface area contributed by atoms with Gasteiger partial charge in [-0.05, 0) is 37.1 Å². The van der Waals surface area contributed by atoms with Crippen LogP contribution in [0, 0.1) is 0 Å². The van der Waals surface area contributed by atoms with Crippen LogP contribution >= 0.6 is 0 Å². The number of aromatic nitrogens is 3. The summed E-state index contributed by atoms with van der Waals surface area (Å²) in [5.41, 5.74) is 2.30. The van der Waals surface area contributed by atoms with Crippen LogP contribution in [0.5, 0.6) is 5.75 Å². The van der Waals surface area contributed by atoms with Gasteiger partial charge in [0.25, 0.3) is 0 Å². The van der Waals surface area contributed by atoms with E-state index >= 15 is 0 Å². The van der Waals surface area contributed by atoms with E-state index in [1.807, 2.05) is 24.3 Å². The van der Waals surface area contributed by atoms with Gasteiger partial charge in [0.05, 0.1) is 18.2 Å². The van der Waals surface area contributed by atoms with E-state index in [9.17, 15) is 9.90 Å². The smallest absolute Gasteiger partial charge is 0.335 e. The molecule has 1 aliphatic rings. The summed E-state index contributed by atoms with van der Waals surface area (Å²) in [6, 6.07) is 12.8. The summed E-state index contributed by atoms with van der Waals surface area (Å²) in [6.07, 6.45) is 3.90. The van der Waals surface area contributed by atoms with E-state index < -0.39 is 5.97 Å². The number of carbonyl (C=O) groups is 1. The van der Waals surface area contributed by atoms with Gasteiger partial charge in [-0.1, -0.05) is 12.1 Å². The number of carboxylic acid groups (broad SMARTS) is 1. The predicted octanol–water partition coefficient (Wildman–Crippen LogP) is 4.20. The third-order valence-electron chi connectivity index (χ3n) is 5.02. The van der Waals surface area contributed by atoms with Crippen LogP contribution in [0.15, 0.2) is 48.7 Å². The average Bonchev–Trinajstić information content (AvgIpc) is 3.57. The second kappa shape index (κ2) is 7.14. The second-order valence-electron chi connectivity index (χ2n) is 7.23. The van der Waals surface area contributed by atoms with Gasteiger partial charge >= 0.3 is 5.97 Å². The first-order valence-electron chi connectivity index (χ1n) is 9.62. The van der Waals surface area contributed by atoms with Crippen molar-refractivity contribution in [3.8, 4) is 5.75 Å². The van der Waals surface area contributed by atoms with Crippen molar-refractivity contribution in [1.29, 1.82) is 0 Å². The Balaban J connectivity index is 1.62. The molecule has 1 aliphatic carbocycles. The number of fused-ring (bicyclic) bond motifs is 3. The van der Waals surface area contributed by atoms with Gasteiger partial charge in [0.2, 0.25) is 5.95 Å². The van der Waals surface area contributed by atoms with E-state index in [2.05, 4.69) is 20.6 Å². The molecule has 0 amide bonds. The molecule has 3 N–H and O–H groups in total. The van der Waals surface area contributed by atoms with Crippen LogP contribution in [0.2, 0.25) is 0 Å². The Bertz CT molecular complexity index is 1290. The van der Waals surface area contributed by atoms with Gasteiger partial charge in [0.15, 0.2) is 5.82 Å². The molecular weight excluding hydrogens is 382 g/mol. The van der Waals surface area contributed by atoms with E-state index in [0.717, 1.165) is 35.1 Å². The fourth-order valence-corrected chi connectivity index (χ4v) is 3.33. The summed E-state index contributed by atoms with van der Waals surface area (Å²) in [4.78, 5) is 25.2. The SMILES string of the molecule is COc1cccc(Nc2ncc3c(n2)c(NC2CC2)nc2cc(C(=O)O)ccc23)c1. The molecule has 8 nitrogen and oxygen atoms in total. The van der Waals surface area contributed by atoms with Crippen LogP contribution in [0.4, 0.5) is 17.5 Å². The topological polar surface area (TPSA) is 109 Å². The maximum Gasteiger partial charge on any atom is 0.335 e. The maximum atomic E-state index is 11.4. The third-order valence-corrected chi connectivity index (χ3v) is 5.02. The molecule has 0 saturated heterocycles. The number of benzene rings is 2. The van der Waals surface area contributed by atoms with Crippen molar-refractivity contribution in [2.45, 2.75) is 18.9 Å². The van der Waals surface area contributed by atoms with E-state index in [0.29, 0.717) is 28.8 Å². The van der Waals surface area contributed by atoms with E-state index in [4.69, 9.17) is 9.72 Å². The van der Waals surface area contributed by atoms with Crippen molar-refractivity contribution in [2.75, 3.05) is 17.7 Å².